The van der Waals surface area contributed by atoms with Crippen LogP contribution in [0.25, 0.3) is 42.3 Å². The maximum Gasteiger partial charge on any atom is 0.116 e. The second-order valence-corrected chi connectivity index (χ2v) is 6.58. The van der Waals surface area contributed by atoms with Gasteiger partial charge in [-0.2, -0.15) is 0 Å². The van der Waals surface area contributed by atoms with E-state index in [1.807, 2.05) is 18.2 Å². The van der Waals surface area contributed by atoms with Gasteiger partial charge in [-0.1, -0.05) is 60.7 Å². The first-order chi connectivity index (χ1) is 11.4. The number of hydrogen-bond donors (Lipinski definition) is 0. The van der Waals surface area contributed by atoms with Gasteiger partial charge in [0.2, 0.25) is 0 Å². The molecule has 2 aromatic heterocycles. The summed E-state index contributed by atoms with van der Waals surface area (Å²) in [6, 6.07) is 23.2. The molecule has 0 unspecified atom stereocenters. The molecule has 5 aromatic rings. The Morgan fingerprint density at radius 1 is 0.739 bits per heavy atom. The molecule has 0 aliphatic heterocycles. The van der Waals surface area contributed by atoms with Gasteiger partial charge in [-0.3, -0.25) is 0 Å². The average molecular weight is 312 g/mol. The molecule has 0 spiro atoms. The number of nitrogens with zero attached hydrogens (tertiary/aromatic N) is 2. The van der Waals surface area contributed by atoms with E-state index in [1.54, 1.807) is 17.7 Å². The molecule has 0 amide bonds. The van der Waals surface area contributed by atoms with Crippen molar-refractivity contribution in [3.8, 4) is 11.3 Å². The lowest BCUT2D eigenvalue weighted by Crippen LogP contribution is -1.85. The van der Waals surface area contributed by atoms with E-state index in [9.17, 15) is 0 Å². The second kappa shape index (κ2) is 4.86. The molecule has 0 aliphatic carbocycles. The summed E-state index contributed by atoms with van der Waals surface area (Å²) in [5.74, 6) is 0. The Hall–Kier alpha value is -2.78. The first-order valence-electron chi connectivity index (χ1n) is 7.52. The van der Waals surface area contributed by atoms with Crippen molar-refractivity contribution < 1.29 is 0 Å². The van der Waals surface area contributed by atoms with E-state index in [1.165, 1.54) is 20.9 Å². The maximum atomic E-state index is 4.60. The third-order valence-electron chi connectivity index (χ3n) is 4.19. The molecule has 3 aromatic carbocycles. The van der Waals surface area contributed by atoms with Crippen molar-refractivity contribution in [3.05, 3.63) is 73.1 Å². The van der Waals surface area contributed by atoms with Crippen molar-refractivity contribution in [2.24, 2.45) is 0 Å². The molecule has 2 nitrogen and oxygen atoms in total. The molecule has 0 radical (unpaired) electrons. The lowest BCUT2D eigenvalue weighted by Gasteiger charge is -2.02. The van der Waals surface area contributed by atoms with Crippen LogP contribution in [0, 0.1) is 0 Å². The monoisotopic (exact) mass is 312 g/mol. The van der Waals surface area contributed by atoms with Gasteiger partial charge in [0, 0.05) is 15.6 Å². The number of rotatable bonds is 1. The van der Waals surface area contributed by atoms with Crippen LogP contribution in [0.15, 0.2) is 73.1 Å². The molecule has 2 heterocycles. The molecular formula is C20H12N2S. The van der Waals surface area contributed by atoms with Gasteiger partial charge < -0.3 is 0 Å². The molecule has 0 saturated heterocycles. The fraction of sp³-hybridized carbons (Fsp3) is 0. The molecule has 5 rings (SSSR count). The number of thiophene rings is 1. The van der Waals surface area contributed by atoms with Gasteiger partial charge in [0.15, 0.2) is 0 Å². The van der Waals surface area contributed by atoms with Crippen molar-refractivity contribution in [2.75, 3.05) is 0 Å². The largest absolute Gasteiger partial charge is 0.235 e. The lowest BCUT2D eigenvalue weighted by atomic mass is 10.1. The molecule has 108 valence electrons. The van der Waals surface area contributed by atoms with E-state index in [-0.39, 0.29) is 0 Å². The average Bonchev–Trinajstić information content (AvgIpc) is 3.01. The first-order valence-corrected chi connectivity index (χ1v) is 8.34. The number of benzene rings is 3. The van der Waals surface area contributed by atoms with Crippen LogP contribution in [0.2, 0.25) is 0 Å². The number of hydrogen-bond acceptors (Lipinski definition) is 3. The number of aromatic nitrogens is 2. The predicted molar refractivity (Wildman–Crippen MR) is 97.9 cm³/mol. The van der Waals surface area contributed by atoms with Crippen molar-refractivity contribution in [2.45, 2.75) is 0 Å². The van der Waals surface area contributed by atoms with Gasteiger partial charge in [0.05, 0.1) is 15.9 Å². The van der Waals surface area contributed by atoms with Gasteiger partial charge >= 0.3 is 0 Å². The summed E-state index contributed by atoms with van der Waals surface area (Å²) in [6.07, 6.45) is 1.68. The quantitative estimate of drug-likeness (QED) is 0.399. The predicted octanol–water partition coefficient (Wildman–Crippen LogP) is 5.66. The normalized spacial score (nSPS) is 11.5. The van der Waals surface area contributed by atoms with E-state index in [2.05, 4.69) is 58.5 Å². The van der Waals surface area contributed by atoms with Crippen LogP contribution in [0.1, 0.15) is 0 Å². The van der Waals surface area contributed by atoms with Crippen LogP contribution < -0.4 is 0 Å². The summed E-state index contributed by atoms with van der Waals surface area (Å²) in [7, 11) is 0. The minimum Gasteiger partial charge on any atom is -0.235 e. The van der Waals surface area contributed by atoms with Crippen LogP contribution in [0.4, 0.5) is 0 Å². The minimum atomic E-state index is 1.01. The smallest absolute Gasteiger partial charge is 0.116 e. The highest BCUT2D eigenvalue weighted by atomic mass is 32.1. The third kappa shape index (κ3) is 1.87. The van der Waals surface area contributed by atoms with Gasteiger partial charge in [0.1, 0.15) is 6.33 Å². The maximum absolute atomic E-state index is 4.60. The zero-order valence-electron chi connectivity index (χ0n) is 12.2. The fourth-order valence-electron chi connectivity index (χ4n) is 3.14. The Bertz CT molecular complexity index is 1160. The summed E-state index contributed by atoms with van der Waals surface area (Å²) in [6.45, 7) is 0. The summed E-state index contributed by atoms with van der Waals surface area (Å²) in [5.41, 5.74) is 3.20. The SMILES string of the molecule is c1ccc(-c2ncnc3c2sc2ccc4ccccc4c23)cc1. The molecule has 0 N–H and O–H groups in total. The molecular weight excluding hydrogens is 300 g/mol. The van der Waals surface area contributed by atoms with Crippen LogP contribution in [0.3, 0.4) is 0 Å². The standard InChI is InChI=1S/C20H12N2S/c1-2-7-14(8-3-1)18-20-19(22-12-21-18)17-15-9-5-4-6-13(15)10-11-16(17)23-20/h1-12H. The Morgan fingerprint density at radius 3 is 2.48 bits per heavy atom. The fourth-order valence-corrected chi connectivity index (χ4v) is 4.32. The molecule has 0 aliphatic rings. The molecule has 23 heavy (non-hydrogen) atoms. The van der Waals surface area contributed by atoms with E-state index in [4.69, 9.17) is 0 Å². The minimum absolute atomic E-state index is 1.01. The highest BCUT2D eigenvalue weighted by molar-refractivity contribution is 7.26. The van der Waals surface area contributed by atoms with Crippen molar-refractivity contribution >= 4 is 42.4 Å². The van der Waals surface area contributed by atoms with Gasteiger partial charge in [0.25, 0.3) is 0 Å². The first kappa shape index (κ1) is 12.7. The van der Waals surface area contributed by atoms with Gasteiger partial charge in [-0.05, 0) is 16.8 Å². The van der Waals surface area contributed by atoms with Crippen molar-refractivity contribution in [3.63, 3.8) is 0 Å². The summed E-state index contributed by atoms with van der Waals surface area (Å²) in [5, 5.41) is 3.75. The van der Waals surface area contributed by atoms with E-state index >= 15 is 0 Å². The Morgan fingerprint density at radius 2 is 1.57 bits per heavy atom. The zero-order chi connectivity index (χ0) is 15.2. The summed E-state index contributed by atoms with van der Waals surface area (Å²) in [4.78, 5) is 9.16. The van der Waals surface area contributed by atoms with E-state index < -0.39 is 0 Å². The van der Waals surface area contributed by atoms with Crippen LogP contribution in [-0.2, 0) is 0 Å². The Kier molecular flexibility index (Phi) is 2.69. The van der Waals surface area contributed by atoms with Crippen molar-refractivity contribution in [1.82, 2.24) is 9.97 Å². The molecule has 0 atom stereocenters. The van der Waals surface area contributed by atoms with Crippen LogP contribution in [-0.4, -0.2) is 9.97 Å². The summed E-state index contributed by atoms with van der Waals surface area (Å²) >= 11 is 1.77. The highest BCUT2D eigenvalue weighted by Crippen LogP contribution is 2.40. The topological polar surface area (TPSA) is 25.8 Å². The Labute approximate surface area is 137 Å². The molecule has 0 bridgehead atoms. The van der Waals surface area contributed by atoms with Crippen molar-refractivity contribution in [1.29, 1.82) is 0 Å². The molecule has 3 heteroatoms. The summed E-state index contributed by atoms with van der Waals surface area (Å²) < 4.78 is 2.42. The van der Waals surface area contributed by atoms with E-state index in [0.717, 1.165) is 21.5 Å². The van der Waals surface area contributed by atoms with Crippen LogP contribution in [0.5, 0.6) is 0 Å². The number of fused-ring (bicyclic) bond motifs is 5. The van der Waals surface area contributed by atoms with E-state index in [0.29, 0.717) is 0 Å². The van der Waals surface area contributed by atoms with Gasteiger partial charge in [-0.25, -0.2) is 9.97 Å². The van der Waals surface area contributed by atoms with Gasteiger partial charge in [-0.15, -0.1) is 11.3 Å². The zero-order valence-corrected chi connectivity index (χ0v) is 13.0. The molecule has 0 fully saturated rings. The molecule has 0 saturated carbocycles. The lowest BCUT2D eigenvalue weighted by molar-refractivity contribution is 1.24. The highest BCUT2D eigenvalue weighted by Gasteiger charge is 2.14. The Balaban J connectivity index is 1.96. The third-order valence-corrected chi connectivity index (χ3v) is 5.34. The van der Waals surface area contributed by atoms with Crippen LogP contribution >= 0.6 is 11.3 Å². The second-order valence-electron chi connectivity index (χ2n) is 5.53.